The number of anilines is 1. The molecule has 27 heavy (non-hydrogen) atoms. The van der Waals surface area contributed by atoms with Gasteiger partial charge in [-0.25, -0.2) is 0 Å². The van der Waals surface area contributed by atoms with Crippen LogP contribution in [0.15, 0.2) is 79.1 Å². The molecule has 2 unspecified atom stereocenters. The van der Waals surface area contributed by atoms with Crippen LogP contribution < -0.4 is 10.6 Å². The summed E-state index contributed by atoms with van der Waals surface area (Å²) in [6, 6.07) is 21.5. The van der Waals surface area contributed by atoms with E-state index in [-0.39, 0.29) is 11.2 Å². The summed E-state index contributed by atoms with van der Waals surface area (Å²) in [7, 11) is 0. The smallest absolute Gasteiger partial charge is 0.193 e. The number of aromatic nitrogens is 1. The SMILES string of the molecule is O=C(c1ccccc1)c1cccc(NCC2CSC(c3cccnc3)N2)c1. The highest BCUT2D eigenvalue weighted by molar-refractivity contribution is 7.99. The zero-order valence-corrected chi connectivity index (χ0v) is 15.7. The monoisotopic (exact) mass is 375 g/mol. The van der Waals surface area contributed by atoms with Crippen molar-refractivity contribution < 1.29 is 4.79 Å². The van der Waals surface area contributed by atoms with Crippen molar-refractivity contribution in [2.45, 2.75) is 11.4 Å². The molecule has 1 saturated heterocycles. The first-order chi connectivity index (χ1) is 13.3. The summed E-state index contributed by atoms with van der Waals surface area (Å²) in [5, 5.41) is 7.38. The fourth-order valence-electron chi connectivity index (χ4n) is 3.13. The van der Waals surface area contributed by atoms with Gasteiger partial charge in [-0.1, -0.05) is 48.5 Å². The minimum Gasteiger partial charge on any atom is -0.383 e. The number of carbonyl (C=O) groups is 1. The Morgan fingerprint density at radius 1 is 1.07 bits per heavy atom. The van der Waals surface area contributed by atoms with E-state index in [1.807, 2.05) is 78.6 Å². The molecule has 136 valence electrons. The summed E-state index contributed by atoms with van der Waals surface area (Å²) in [6.45, 7) is 0.812. The number of rotatable bonds is 6. The Morgan fingerprint density at radius 2 is 1.93 bits per heavy atom. The number of thioether (sulfide) groups is 1. The maximum Gasteiger partial charge on any atom is 0.193 e. The molecule has 2 heterocycles. The van der Waals surface area contributed by atoms with Gasteiger partial charge in [0.1, 0.15) is 0 Å². The number of nitrogens with zero attached hydrogens (tertiary/aromatic N) is 1. The van der Waals surface area contributed by atoms with Crippen LogP contribution in [0.4, 0.5) is 5.69 Å². The van der Waals surface area contributed by atoms with Gasteiger partial charge in [-0.3, -0.25) is 15.1 Å². The summed E-state index contributed by atoms with van der Waals surface area (Å²) in [6.07, 6.45) is 3.71. The number of nitrogens with one attached hydrogen (secondary N) is 2. The Morgan fingerprint density at radius 3 is 2.74 bits per heavy atom. The van der Waals surface area contributed by atoms with Crippen molar-refractivity contribution in [2.75, 3.05) is 17.6 Å². The molecule has 1 aliphatic heterocycles. The largest absolute Gasteiger partial charge is 0.383 e. The van der Waals surface area contributed by atoms with Gasteiger partial charge in [-0.05, 0) is 23.8 Å². The Balaban J connectivity index is 1.36. The molecule has 4 nitrogen and oxygen atoms in total. The van der Waals surface area contributed by atoms with Gasteiger partial charge in [0, 0.05) is 47.5 Å². The van der Waals surface area contributed by atoms with Crippen molar-refractivity contribution in [3.8, 4) is 0 Å². The molecular formula is C22H21N3OS. The molecular weight excluding hydrogens is 354 g/mol. The molecule has 2 atom stereocenters. The average molecular weight is 375 g/mol. The van der Waals surface area contributed by atoms with Gasteiger partial charge in [0.2, 0.25) is 0 Å². The second-order valence-corrected chi connectivity index (χ2v) is 7.66. The van der Waals surface area contributed by atoms with E-state index in [4.69, 9.17) is 0 Å². The zero-order chi connectivity index (χ0) is 18.5. The molecule has 0 aliphatic carbocycles. The molecule has 0 radical (unpaired) electrons. The lowest BCUT2D eigenvalue weighted by Gasteiger charge is -2.15. The van der Waals surface area contributed by atoms with Crippen LogP contribution in [-0.2, 0) is 0 Å². The lowest BCUT2D eigenvalue weighted by Crippen LogP contribution is -2.32. The molecule has 1 aliphatic rings. The van der Waals surface area contributed by atoms with E-state index in [0.717, 1.165) is 18.0 Å². The van der Waals surface area contributed by atoms with E-state index in [0.29, 0.717) is 17.2 Å². The number of benzene rings is 2. The third-order valence-electron chi connectivity index (χ3n) is 4.55. The summed E-state index contributed by atoms with van der Waals surface area (Å²) in [5.74, 6) is 1.08. The van der Waals surface area contributed by atoms with Crippen molar-refractivity contribution >= 4 is 23.2 Å². The third kappa shape index (κ3) is 4.38. The summed E-state index contributed by atoms with van der Waals surface area (Å²) < 4.78 is 0. The van der Waals surface area contributed by atoms with Gasteiger partial charge < -0.3 is 5.32 Å². The molecule has 3 aromatic rings. The van der Waals surface area contributed by atoms with Gasteiger partial charge >= 0.3 is 0 Å². The van der Waals surface area contributed by atoms with Crippen molar-refractivity contribution in [2.24, 2.45) is 0 Å². The van der Waals surface area contributed by atoms with E-state index in [1.165, 1.54) is 5.56 Å². The lowest BCUT2D eigenvalue weighted by atomic mass is 10.0. The van der Waals surface area contributed by atoms with E-state index >= 15 is 0 Å². The quantitative estimate of drug-likeness (QED) is 0.635. The molecule has 5 heteroatoms. The second-order valence-electron chi connectivity index (χ2n) is 6.52. The molecule has 4 rings (SSSR count). The number of hydrogen-bond donors (Lipinski definition) is 2. The topological polar surface area (TPSA) is 54.0 Å². The Hall–Kier alpha value is -2.63. The predicted molar refractivity (Wildman–Crippen MR) is 111 cm³/mol. The minimum atomic E-state index is 0.0467. The van der Waals surface area contributed by atoms with Crippen molar-refractivity contribution in [3.63, 3.8) is 0 Å². The number of pyridine rings is 1. The molecule has 2 N–H and O–H groups in total. The van der Waals surface area contributed by atoms with Crippen molar-refractivity contribution in [3.05, 3.63) is 95.8 Å². The molecule has 1 aromatic heterocycles. The molecule has 1 fully saturated rings. The maximum absolute atomic E-state index is 12.6. The van der Waals surface area contributed by atoms with Crippen molar-refractivity contribution in [1.82, 2.24) is 10.3 Å². The zero-order valence-electron chi connectivity index (χ0n) is 14.8. The van der Waals surface area contributed by atoms with Gasteiger partial charge in [-0.15, -0.1) is 11.8 Å². The van der Waals surface area contributed by atoms with Gasteiger partial charge in [-0.2, -0.15) is 0 Å². The van der Waals surface area contributed by atoms with Crippen LogP contribution in [0.5, 0.6) is 0 Å². The fraction of sp³-hybridized carbons (Fsp3) is 0.182. The highest BCUT2D eigenvalue weighted by Crippen LogP contribution is 2.32. The molecule has 0 spiro atoms. The first-order valence-corrected chi connectivity index (χ1v) is 10.1. The van der Waals surface area contributed by atoms with E-state index in [2.05, 4.69) is 21.7 Å². The van der Waals surface area contributed by atoms with Gasteiger partial charge in [0.25, 0.3) is 0 Å². The summed E-state index contributed by atoms with van der Waals surface area (Å²) in [4.78, 5) is 16.8. The number of hydrogen-bond acceptors (Lipinski definition) is 5. The van der Waals surface area contributed by atoms with Crippen LogP contribution >= 0.6 is 11.8 Å². The number of carbonyl (C=O) groups excluding carboxylic acids is 1. The maximum atomic E-state index is 12.6. The summed E-state index contributed by atoms with van der Waals surface area (Å²) >= 11 is 1.90. The normalized spacial score (nSPS) is 19.0. The molecule has 0 saturated carbocycles. The van der Waals surface area contributed by atoms with Crippen LogP contribution in [0, 0.1) is 0 Å². The molecule has 0 bridgehead atoms. The third-order valence-corrected chi connectivity index (χ3v) is 5.89. The minimum absolute atomic E-state index is 0.0467. The molecule has 2 aromatic carbocycles. The van der Waals surface area contributed by atoms with Gasteiger partial charge in [0.15, 0.2) is 5.78 Å². The highest BCUT2D eigenvalue weighted by atomic mass is 32.2. The lowest BCUT2D eigenvalue weighted by molar-refractivity contribution is 0.103. The highest BCUT2D eigenvalue weighted by Gasteiger charge is 2.25. The second kappa shape index (κ2) is 8.37. The first-order valence-electron chi connectivity index (χ1n) is 9.01. The van der Waals surface area contributed by atoms with Crippen LogP contribution in [0.1, 0.15) is 26.9 Å². The Bertz CT molecular complexity index is 902. The van der Waals surface area contributed by atoms with Crippen LogP contribution in [-0.4, -0.2) is 29.1 Å². The van der Waals surface area contributed by atoms with Crippen LogP contribution in [0.25, 0.3) is 0 Å². The fourth-order valence-corrected chi connectivity index (χ4v) is 4.39. The average Bonchev–Trinajstić information content (AvgIpc) is 3.22. The molecule has 0 amide bonds. The van der Waals surface area contributed by atoms with Crippen LogP contribution in [0.3, 0.4) is 0 Å². The standard InChI is InChI=1S/C22H21N3OS/c26-21(16-6-2-1-3-7-16)17-8-4-10-19(12-17)24-14-20-15-27-22(25-20)18-9-5-11-23-13-18/h1-13,20,22,24-25H,14-15H2. The number of ketones is 1. The Labute approximate surface area is 163 Å². The van der Waals surface area contributed by atoms with Crippen molar-refractivity contribution in [1.29, 1.82) is 0 Å². The van der Waals surface area contributed by atoms with E-state index < -0.39 is 0 Å². The Kier molecular flexibility index (Phi) is 5.51. The predicted octanol–water partition coefficient (Wildman–Crippen LogP) is 4.13. The van der Waals surface area contributed by atoms with E-state index in [1.54, 1.807) is 6.20 Å². The van der Waals surface area contributed by atoms with Crippen LogP contribution in [0.2, 0.25) is 0 Å². The van der Waals surface area contributed by atoms with E-state index in [9.17, 15) is 4.79 Å². The first kappa shape index (κ1) is 17.8. The van der Waals surface area contributed by atoms with Gasteiger partial charge in [0.05, 0.1) is 5.37 Å². The summed E-state index contributed by atoms with van der Waals surface area (Å²) in [5.41, 5.74) is 3.59.